The maximum Gasteiger partial charge on any atom is 0.185 e. The molecule has 11 heavy (non-hydrogen) atoms. The molecule has 64 valence electrons. The Kier molecular flexibility index (Phi) is 2.99. The highest BCUT2D eigenvalue weighted by atomic mass is 16.3. The second kappa shape index (κ2) is 3.80. The van der Waals surface area contributed by atoms with E-state index in [1.54, 1.807) is 0 Å². The molecule has 1 heterocycles. The zero-order chi connectivity index (χ0) is 8.16. The third-order valence-corrected chi connectivity index (χ3v) is 2.09. The van der Waals surface area contributed by atoms with Crippen LogP contribution in [0.2, 0.25) is 0 Å². The maximum atomic E-state index is 8.76. The van der Waals surface area contributed by atoms with E-state index in [2.05, 4.69) is 4.99 Å². The fraction of sp³-hybridized carbons (Fsp3) is 0.857. The lowest BCUT2D eigenvalue weighted by atomic mass is 10.4. The van der Waals surface area contributed by atoms with Crippen LogP contribution in [0.5, 0.6) is 0 Å². The van der Waals surface area contributed by atoms with Gasteiger partial charge in [0.05, 0.1) is 19.8 Å². The number of nitrogens with zero attached hydrogens (tertiary/aromatic N) is 2. The van der Waals surface area contributed by atoms with E-state index in [1.165, 1.54) is 0 Å². The van der Waals surface area contributed by atoms with Gasteiger partial charge in [0.15, 0.2) is 6.34 Å². The smallest absolute Gasteiger partial charge is 0.185 e. The zero-order valence-corrected chi connectivity index (χ0v) is 6.61. The van der Waals surface area contributed by atoms with Crippen molar-refractivity contribution in [3.05, 3.63) is 0 Å². The molecule has 0 atom stereocenters. The van der Waals surface area contributed by atoms with Gasteiger partial charge in [0.25, 0.3) is 0 Å². The number of hydrogen-bond donors (Lipinski definition) is 2. The molecule has 0 fully saturated rings. The van der Waals surface area contributed by atoms with Gasteiger partial charge in [0.2, 0.25) is 0 Å². The standard InChI is InChI=1S/C7H15N2O2/c10-5-3-9(4-6-11)2-1-8-7-9/h7,10-11H,1-6H2/q+1. The Bertz CT molecular complexity index is 141. The lowest BCUT2D eigenvalue weighted by Crippen LogP contribution is -2.49. The van der Waals surface area contributed by atoms with Gasteiger partial charge < -0.3 is 10.2 Å². The fourth-order valence-corrected chi connectivity index (χ4v) is 1.39. The molecular weight excluding hydrogens is 144 g/mol. The predicted octanol–water partition coefficient (Wildman–Crippen LogP) is -1.17. The molecule has 0 unspecified atom stereocenters. The number of hydrogen-bond acceptors (Lipinski definition) is 3. The summed E-state index contributed by atoms with van der Waals surface area (Å²) in [5, 5.41) is 17.5. The van der Waals surface area contributed by atoms with Crippen molar-refractivity contribution in [3.63, 3.8) is 0 Å². The Labute approximate surface area is 66.4 Å². The second-order valence-electron chi connectivity index (χ2n) is 2.86. The molecule has 0 aliphatic carbocycles. The summed E-state index contributed by atoms with van der Waals surface area (Å²) >= 11 is 0. The van der Waals surface area contributed by atoms with E-state index in [0.29, 0.717) is 17.6 Å². The van der Waals surface area contributed by atoms with Crippen molar-refractivity contribution in [2.24, 2.45) is 4.99 Å². The van der Waals surface area contributed by atoms with Gasteiger partial charge in [-0.05, 0) is 0 Å². The molecule has 1 rings (SSSR count). The SMILES string of the molecule is OCC[N+]1(CCO)C=NCC1. The van der Waals surface area contributed by atoms with Gasteiger partial charge in [-0.2, -0.15) is 0 Å². The molecule has 2 N–H and O–H groups in total. The van der Waals surface area contributed by atoms with Crippen LogP contribution in [0.15, 0.2) is 4.99 Å². The monoisotopic (exact) mass is 159 g/mol. The second-order valence-corrected chi connectivity index (χ2v) is 2.86. The predicted molar refractivity (Wildman–Crippen MR) is 42.4 cm³/mol. The third-order valence-electron chi connectivity index (χ3n) is 2.09. The van der Waals surface area contributed by atoms with Crippen molar-refractivity contribution in [1.82, 2.24) is 0 Å². The summed E-state index contributed by atoms with van der Waals surface area (Å²) in [4.78, 5) is 4.10. The lowest BCUT2D eigenvalue weighted by molar-refractivity contribution is -0.829. The highest BCUT2D eigenvalue weighted by Crippen LogP contribution is 2.07. The van der Waals surface area contributed by atoms with E-state index < -0.39 is 0 Å². The molecule has 0 spiro atoms. The molecular formula is C7H15N2O2+. The Morgan fingerprint density at radius 2 is 1.91 bits per heavy atom. The van der Waals surface area contributed by atoms with E-state index in [4.69, 9.17) is 10.2 Å². The topological polar surface area (TPSA) is 52.8 Å². The van der Waals surface area contributed by atoms with Crippen LogP contribution in [-0.4, -0.2) is 60.4 Å². The molecule has 0 radical (unpaired) electrons. The van der Waals surface area contributed by atoms with Crippen molar-refractivity contribution >= 4 is 6.34 Å². The minimum absolute atomic E-state index is 0.159. The summed E-state index contributed by atoms with van der Waals surface area (Å²) in [6.07, 6.45) is 1.84. The summed E-state index contributed by atoms with van der Waals surface area (Å²) in [5.41, 5.74) is 0. The van der Waals surface area contributed by atoms with Gasteiger partial charge in [0, 0.05) is 0 Å². The Morgan fingerprint density at radius 1 is 1.27 bits per heavy atom. The minimum Gasteiger partial charge on any atom is -0.390 e. The largest absolute Gasteiger partial charge is 0.390 e. The van der Waals surface area contributed by atoms with Crippen LogP contribution in [-0.2, 0) is 0 Å². The average Bonchev–Trinajstić information content (AvgIpc) is 2.39. The summed E-state index contributed by atoms with van der Waals surface area (Å²) in [5.74, 6) is 0. The summed E-state index contributed by atoms with van der Waals surface area (Å²) in [6.45, 7) is 3.40. The number of aliphatic hydroxyl groups is 2. The summed E-state index contributed by atoms with van der Waals surface area (Å²) < 4.78 is 0.646. The van der Waals surface area contributed by atoms with Crippen molar-refractivity contribution in [2.75, 3.05) is 39.4 Å². The van der Waals surface area contributed by atoms with Gasteiger partial charge in [-0.25, -0.2) is 4.99 Å². The molecule has 0 aromatic rings. The van der Waals surface area contributed by atoms with Crippen LogP contribution in [0.3, 0.4) is 0 Å². The molecule has 1 aliphatic rings. The quantitative estimate of drug-likeness (QED) is 0.508. The molecule has 1 aliphatic heterocycles. The van der Waals surface area contributed by atoms with Crippen molar-refractivity contribution in [1.29, 1.82) is 0 Å². The zero-order valence-electron chi connectivity index (χ0n) is 6.61. The van der Waals surface area contributed by atoms with Crippen molar-refractivity contribution in [3.8, 4) is 0 Å². The first-order chi connectivity index (χ1) is 5.33. The first kappa shape index (κ1) is 8.64. The van der Waals surface area contributed by atoms with Crippen LogP contribution in [0.25, 0.3) is 0 Å². The molecule has 4 nitrogen and oxygen atoms in total. The van der Waals surface area contributed by atoms with Crippen LogP contribution in [0, 0.1) is 0 Å². The Balaban J connectivity index is 2.48. The van der Waals surface area contributed by atoms with Crippen LogP contribution < -0.4 is 0 Å². The van der Waals surface area contributed by atoms with Gasteiger partial charge in [-0.1, -0.05) is 0 Å². The minimum atomic E-state index is 0.159. The van der Waals surface area contributed by atoms with Crippen molar-refractivity contribution < 1.29 is 14.7 Å². The highest BCUT2D eigenvalue weighted by molar-refractivity contribution is 5.48. The van der Waals surface area contributed by atoms with E-state index in [0.717, 1.165) is 13.1 Å². The van der Waals surface area contributed by atoms with Gasteiger partial charge >= 0.3 is 0 Å². The van der Waals surface area contributed by atoms with Crippen LogP contribution in [0.1, 0.15) is 0 Å². The summed E-state index contributed by atoms with van der Waals surface area (Å²) in [7, 11) is 0. The van der Waals surface area contributed by atoms with E-state index >= 15 is 0 Å². The van der Waals surface area contributed by atoms with Crippen LogP contribution >= 0.6 is 0 Å². The number of aliphatic imine (C=N–C) groups is 1. The van der Waals surface area contributed by atoms with E-state index in [1.807, 2.05) is 6.34 Å². The lowest BCUT2D eigenvalue weighted by Gasteiger charge is -2.28. The highest BCUT2D eigenvalue weighted by Gasteiger charge is 2.27. The number of quaternary nitrogens is 1. The van der Waals surface area contributed by atoms with E-state index in [-0.39, 0.29) is 13.2 Å². The normalized spacial score (nSPS) is 20.9. The van der Waals surface area contributed by atoms with Gasteiger partial charge in [-0.3, -0.25) is 4.48 Å². The van der Waals surface area contributed by atoms with Gasteiger partial charge in [-0.15, -0.1) is 0 Å². The molecule has 0 bridgehead atoms. The maximum absolute atomic E-state index is 8.76. The fourth-order valence-electron chi connectivity index (χ4n) is 1.39. The number of aliphatic hydroxyl groups excluding tert-OH is 2. The average molecular weight is 159 g/mol. The van der Waals surface area contributed by atoms with Gasteiger partial charge in [0.1, 0.15) is 19.6 Å². The van der Waals surface area contributed by atoms with Crippen LogP contribution in [0.4, 0.5) is 0 Å². The molecule has 0 saturated carbocycles. The first-order valence-corrected chi connectivity index (χ1v) is 3.91. The molecule has 0 aromatic heterocycles. The van der Waals surface area contributed by atoms with Crippen molar-refractivity contribution in [2.45, 2.75) is 0 Å². The molecule has 0 aromatic carbocycles. The Hall–Kier alpha value is -0.450. The first-order valence-electron chi connectivity index (χ1n) is 3.91. The third kappa shape index (κ3) is 1.99. The summed E-state index contributed by atoms with van der Waals surface area (Å²) in [6, 6.07) is 0. The molecule has 0 amide bonds. The molecule has 0 saturated heterocycles. The Morgan fingerprint density at radius 3 is 2.27 bits per heavy atom. The number of rotatable bonds is 4. The molecule has 4 heteroatoms. The van der Waals surface area contributed by atoms with E-state index in [9.17, 15) is 0 Å².